The molecule has 10 nitrogen and oxygen atoms in total. The first-order valence-electron chi connectivity index (χ1n) is 11.6. The van der Waals surface area contributed by atoms with Gasteiger partial charge in [0, 0.05) is 24.4 Å². The van der Waals surface area contributed by atoms with Gasteiger partial charge in [0.2, 0.25) is 5.88 Å². The molecule has 0 bridgehead atoms. The number of hydrogen-bond acceptors (Lipinski definition) is 8. The molecule has 2 aromatic carbocycles. The van der Waals surface area contributed by atoms with Gasteiger partial charge < -0.3 is 14.8 Å². The lowest BCUT2D eigenvalue weighted by Gasteiger charge is -2.13. The number of amides is 2. The van der Waals surface area contributed by atoms with Crippen molar-refractivity contribution in [2.45, 2.75) is 44.2 Å². The highest BCUT2D eigenvalue weighted by Gasteiger charge is 2.21. The van der Waals surface area contributed by atoms with Crippen molar-refractivity contribution in [3.8, 4) is 5.88 Å². The summed E-state index contributed by atoms with van der Waals surface area (Å²) < 4.78 is 37.6. The second kappa shape index (κ2) is 12.6. The minimum atomic E-state index is -4.29. The molecule has 3 aromatic rings. The van der Waals surface area contributed by atoms with Crippen LogP contribution in [0.4, 0.5) is 4.79 Å². The number of aromatic nitrogens is 1. The van der Waals surface area contributed by atoms with Crippen molar-refractivity contribution < 1.29 is 32.3 Å². The zero-order chi connectivity index (χ0) is 26.8. The van der Waals surface area contributed by atoms with E-state index in [-0.39, 0.29) is 34.6 Å². The van der Waals surface area contributed by atoms with E-state index in [1.54, 1.807) is 0 Å². The van der Waals surface area contributed by atoms with Crippen molar-refractivity contribution >= 4 is 28.0 Å². The van der Waals surface area contributed by atoms with Crippen LogP contribution in [0.3, 0.4) is 0 Å². The summed E-state index contributed by atoms with van der Waals surface area (Å²) >= 11 is 0. The molecule has 0 atom stereocenters. The predicted molar refractivity (Wildman–Crippen MR) is 134 cm³/mol. The number of carbonyl (C=O) groups is 3. The van der Waals surface area contributed by atoms with Crippen molar-refractivity contribution in [1.29, 1.82) is 0 Å². The number of carbonyl (C=O) groups excluding carboxylic acids is 3. The van der Waals surface area contributed by atoms with Crippen molar-refractivity contribution in [3.05, 3.63) is 89.6 Å². The molecular weight excluding hydrogens is 498 g/mol. The number of pyridine rings is 1. The molecule has 1 aromatic heterocycles. The monoisotopic (exact) mass is 525 g/mol. The molecule has 11 heteroatoms. The number of hydrogen-bond donors (Lipinski definition) is 2. The van der Waals surface area contributed by atoms with E-state index < -0.39 is 28.0 Å². The van der Waals surface area contributed by atoms with Gasteiger partial charge in [0.05, 0.1) is 10.5 Å². The lowest BCUT2D eigenvalue weighted by atomic mass is 10.2. The molecule has 0 saturated heterocycles. The summed E-state index contributed by atoms with van der Waals surface area (Å²) in [5, 5.41) is 2.72. The minimum absolute atomic E-state index is 0.0824. The Bertz CT molecular complexity index is 1340. The summed E-state index contributed by atoms with van der Waals surface area (Å²) in [5.74, 6) is -1.52. The molecule has 0 aliphatic heterocycles. The highest BCUT2D eigenvalue weighted by Crippen LogP contribution is 2.14. The normalized spacial score (nSPS) is 11.0. The molecule has 194 valence electrons. The Morgan fingerprint density at radius 3 is 2.27 bits per heavy atom. The summed E-state index contributed by atoms with van der Waals surface area (Å²) in [7, 11) is -4.29. The molecule has 0 spiro atoms. The highest BCUT2D eigenvalue weighted by molar-refractivity contribution is 7.90. The Labute approximate surface area is 215 Å². The molecule has 3 rings (SSSR count). The average molecular weight is 526 g/mol. The van der Waals surface area contributed by atoms with Crippen LogP contribution >= 0.6 is 0 Å². The lowest BCUT2D eigenvalue weighted by Crippen LogP contribution is -2.31. The van der Waals surface area contributed by atoms with Crippen LogP contribution in [-0.4, -0.2) is 37.5 Å². The van der Waals surface area contributed by atoms with Crippen LogP contribution in [0.15, 0.2) is 77.8 Å². The quantitative estimate of drug-likeness (QED) is 0.381. The maximum atomic E-state index is 12.8. The smallest absolute Gasteiger partial charge is 0.431 e. The van der Waals surface area contributed by atoms with Gasteiger partial charge in [-0.15, -0.1) is 0 Å². The zero-order valence-corrected chi connectivity index (χ0v) is 21.2. The number of nitrogens with one attached hydrogen (secondary N) is 2. The van der Waals surface area contributed by atoms with Crippen molar-refractivity contribution in [2.75, 3.05) is 0 Å². The third-order valence-corrected chi connectivity index (χ3v) is 6.62. The second-order valence-corrected chi connectivity index (χ2v) is 9.61. The Morgan fingerprint density at radius 2 is 1.62 bits per heavy atom. The van der Waals surface area contributed by atoms with E-state index in [4.69, 9.17) is 9.47 Å². The largest absolute Gasteiger partial charge is 0.515 e. The van der Waals surface area contributed by atoms with Crippen LogP contribution in [0.25, 0.3) is 0 Å². The number of ether oxygens (including phenoxy) is 2. The maximum Gasteiger partial charge on any atom is 0.515 e. The van der Waals surface area contributed by atoms with Gasteiger partial charge in [0.1, 0.15) is 6.10 Å². The molecular formula is C26H27N3O7S. The molecule has 0 saturated carbocycles. The Hall–Kier alpha value is -4.25. The van der Waals surface area contributed by atoms with E-state index >= 15 is 0 Å². The van der Waals surface area contributed by atoms with Gasteiger partial charge in [-0.2, -0.15) is 0 Å². The van der Waals surface area contributed by atoms with Gasteiger partial charge in [0.15, 0.2) is 0 Å². The van der Waals surface area contributed by atoms with Crippen LogP contribution in [0.2, 0.25) is 0 Å². The third-order valence-electron chi connectivity index (χ3n) is 5.29. The summed E-state index contributed by atoms with van der Waals surface area (Å²) in [6, 6.07) is 17.1. The lowest BCUT2D eigenvalue weighted by molar-refractivity contribution is 0.0538. The first kappa shape index (κ1) is 27.3. The molecule has 0 aliphatic carbocycles. The fourth-order valence-corrected chi connectivity index (χ4v) is 4.22. The van der Waals surface area contributed by atoms with Crippen molar-refractivity contribution in [1.82, 2.24) is 15.0 Å². The average Bonchev–Trinajstić information content (AvgIpc) is 2.91. The highest BCUT2D eigenvalue weighted by atomic mass is 32.2. The van der Waals surface area contributed by atoms with Crippen LogP contribution < -0.4 is 14.8 Å². The summed E-state index contributed by atoms with van der Waals surface area (Å²) in [6.45, 7) is 4.02. The standard InChI is InChI=1S/C26H27N3O7S/c1-3-21(4-2)35-26(32)36-23-14-13-20(17-27-23)25(31)29-37(33,34)22-12-8-11-19(15-22)24(30)28-16-18-9-6-5-7-10-18/h5-15,17,21H,3-4,16H2,1-2H3,(H,28,30)(H,29,31). The maximum absolute atomic E-state index is 12.8. The number of benzene rings is 2. The van der Waals surface area contributed by atoms with Crippen molar-refractivity contribution in [3.63, 3.8) is 0 Å². The van der Waals surface area contributed by atoms with Crippen molar-refractivity contribution in [2.24, 2.45) is 0 Å². The first-order valence-corrected chi connectivity index (χ1v) is 13.0. The second-order valence-electron chi connectivity index (χ2n) is 7.92. The third kappa shape index (κ3) is 7.87. The van der Waals surface area contributed by atoms with Gasteiger partial charge in [-0.25, -0.2) is 22.9 Å². The van der Waals surface area contributed by atoms with E-state index in [1.807, 2.05) is 48.9 Å². The molecule has 0 radical (unpaired) electrons. The molecule has 1 heterocycles. The first-order chi connectivity index (χ1) is 17.7. The fourth-order valence-electron chi connectivity index (χ4n) is 3.20. The van der Waals surface area contributed by atoms with Crippen LogP contribution in [0.5, 0.6) is 5.88 Å². The zero-order valence-electron chi connectivity index (χ0n) is 20.3. The molecule has 0 unspecified atom stereocenters. The molecule has 0 aliphatic rings. The number of nitrogens with zero attached hydrogens (tertiary/aromatic N) is 1. The van der Waals surface area contributed by atoms with E-state index in [1.165, 1.54) is 36.4 Å². The SMILES string of the molecule is CCC(CC)OC(=O)Oc1ccc(C(=O)NS(=O)(=O)c2cccc(C(=O)NCc3ccccc3)c2)cn1. The summed E-state index contributed by atoms with van der Waals surface area (Å²) in [6.07, 6.45) is 1.13. The molecule has 2 N–H and O–H groups in total. The van der Waals surface area contributed by atoms with Gasteiger partial charge >= 0.3 is 6.16 Å². The minimum Gasteiger partial charge on any atom is -0.431 e. The van der Waals surface area contributed by atoms with Crippen LogP contribution in [-0.2, 0) is 21.3 Å². The number of sulfonamides is 1. The molecule has 2 amide bonds. The van der Waals surface area contributed by atoms with Crippen LogP contribution in [0.1, 0.15) is 53.0 Å². The summed E-state index contributed by atoms with van der Waals surface area (Å²) in [4.78, 5) is 40.4. The van der Waals surface area contributed by atoms with Gasteiger partial charge in [-0.3, -0.25) is 9.59 Å². The van der Waals surface area contributed by atoms with Gasteiger partial charge in [0.25, 0.3) is 21.8 Å². The topological polar surface area (TPSA) is 141 Å². The number of rotatable bonds is 10. The Morgan fingerprint density at radius 1 is 0.892 bits per heavy atom. The predicted octanol–water partition coefficient (Wildman–Crippen LogP) is 3.83. The van der Waals surface area contributed by atoms with E-state index in [0.717, 1.165) is 11.8 Å². The van der Waals surface area contributed by atoms with E-state index in [9.17, 15) is 22.8 Å². The van der Waals surface area contributed by atoms with E-state index in [2.05, 4.69) is 10.3 Å². The van der Waals surface area contributed by atoms with Gasteiger partial charge in [-0.1, -0.05) is 50.2 Å². The molecule has 0 fully saturated rings. The van der Waals surface area contributed by atoms with Gasteiger partial charge in [-0.05, 0) is 42.7 Å². The Balaban J connectivity index is 1.62. The van der Waals surface area contributed by atoms with E-state index in [0.29, 0.717) is 12.8 Å². The Kier molecular flexibility index (Phi) is 9.33. The van der Waals surface area contributed by atoms with Crippen LogP contribution in [0, 0.1) is 0 Å². The summed E-state index contributed by atoms with van der Waals surface area (Å²) in [5.41, 5.74) is 0.927. The molecule has 37 heavy (non-hydrogen) atoms. The fraction of sp³-hybridized carbons (Fsp3) is 0.231.